The number of hydrogen-bond acceptors (Lipinski definition) is 0. The predicted molar refractivity (Wildman–Crippen MR) is 85.0 cm³/mol. The number of benzene rings is 1. The minimum atomic E-state index is -2.11. The lowest BCUT2D eigenvalue weighted by Gasteiger charge is -2.50. The van der Waals surface area contributed by atoms with Crippen LogP contribution in [0, 0.1) is 17.3 Å². The van der Waals surface area contributed by atoms with E-state index in [1.165, 1.54) is 11.1 Å². The molecule has 3 heteroatoms. The summed E-state index contributed by atoms with van der Waals surface area (Å²) in [5, 5.41) is 0. The van der Waals surface area contributed by atoms with E-state index in [1.54, 1.807) is 0 Å². The minimum absolute atomic E-state index is 0.0368. The van der Waals surface area contributed by atoms with Gasteiger partial charge in [-0.05, 0) is 72.8 Å². The smallest absolute Gasteiger partial charge is 0.206 e. The van der Waals surface area contributed by atoms with Gasteiger partial charge in [0.05, 0.1) is 0 Å². The molecule has 2 saturated carbocycles. The monoisotopic (exact) mass is 320 g/mol. The third-order valence-corrected chi connectivity index (χ3v) is 6.88. The van der Waals surface area contributed by atoms with Gasteiger partial charge in [0.15, 0.2) is 5.83 Å². The highest BCUT2D eigenvalue weighted by Gasteiger charge is 2.53. The molecule has 0 spiro atoms. The van der Waals surface area contributed by atoms with Crippen molar-refractivity contribution in [1.29, 1.82) is 0 Å². The summed E-state index contributed by atoms with van der Waals surface area (Å²) in [5.41, 5.74) is 2.72. The van der Waals surface area contributed by atoms with Crippen LogP contribution in [0.25, 0.3) is 0 Å². The summed E-state index contributed by atoms with van der Waals surface area (Å²) < 4.78 is 39.1. The van der Waals surface area contributed by atoms with E-state index in [4.69, 9.17) is 0 Å². The average molecular weight is 320 g/mol. The first-order valence-corrected chi connectivity index (χ1v) is 8.88. The Labute approximate surface area is 135 Å². The van der Waals surface area contributed by atoms with Crippen molar-refractivity contribution in [2.75, 3.05) is 0 Å². The van der Waals surface area contributed by atoms with E-state index in [0.29, 0.717) is 17.8 Å². The normalized spacial score (nSPS) is 35.2. The Balaban J connectivity index is 1.65. The molecule has 1 aromatic carbocycles. The fourth-order valence-electron chi connectivity index (χ4n) is 6.00. The molecule has 0 amide bonds. The number of aryl methyl sites for hydroxylation is 1. The first-order valence-electron chi connectivity index (χ1n) is 8.88. The van der Waals surface area contributed by atoms with E-state index in [9.17, 15) is 13.2 Å². The van der Waals surface area contributed by atoms with Crippen molar-refractivity contribution in [3.8, 4) is 0 Å². The van der Waals surface area contributed by atoms with Crippen molar-refractivity contribution >= 4 is 0 Å². The van der Waals surface area contributed by atoms with Crippen LogP contribution in [0.3, 0.4) is 0 Å². The number of fused-ring (bicyclic) bond motifs is 5. The molecule has 0 aliphatic heterocycles. The lowest BCUT2D eigenvalue weighted by molar-refractivity contribution is 0.0384. The molecule has 0 saturated heterocycles. The molecule has 3 aliphatic rings. The molecule has 0 N–H and O–H groups in total. The molecule has 0 bridgehead atoms. The summed E-state index contributed by atoms with van der Waals surface area (Å²) >= 11 is 0. The highest BCUT2D eigenvalue weighted by molar-refractivity contribution is 5.35. The standard InChI is InChI=1S/C20H23F3/c21-18(19(22)23)12-20-10-3-6-17(20)16-8-7-13-4-1-2-5-14(13)15(16)9-11-20/h1-2,4-5,15-17H,3,6-12H2/t15-,16-,17+,20+/m1/s1. The molecule has 2 fully saturated rings. The number of allylic oxidation sites excluding steroid dienone is 1. The summed E-state index contributed by atoms with van der Waals surface area (Å²) in [6.45, 7) is 0. The van der Waals surface area contributed by atoms with Gasteiger partial charge >= 0.3 is 6.08 Å². The molecule has 4 atom stereocenters. The Kier molecular flexibility index (Phi) is 3.78. The molecule has 23 heavy (non-hydrogen) atoms. The van der Waals surface area contributed by atoms with Crippen molar-refractivity contribution in [2.45, 2.75) is 57.3 Å². The van der Waals surface area contributed by atoms with Gasteiger partial charge in [0.1, 0.15) is 0 Å². The zero-order valence-corrected chi connectivity index (χ0v) is 13.3. The van der Waals surface area contributed by atoms with Crippen LogP contribution >= 0.6 is 0 Å². The quantitative estimate of drug-likeness (QED) is 0.593. The van der Waals surface area contributed by atoms with E-state index in [1.807, 2.05) is 0 Å². The molecule has 124 valence electrons. The van der Waals surface area contributed by atoms with E-state index in [2.05, 4.69) is 24.3 Å². The fourth-order valence-corrected chi connectivity index (χ4v) is 6.00. The molecule has 3 aliphatic carbocycles. The summed E-state index contributed by atoms with van der Waals surface area (Å²) in [7, 11) is 0. The Bertz CT molecular complexity index is 632. The Hall–Kier alpha value is -1.25. The second kappa shape index (κ2) is 5.68. The molecular weight excluding hydrogens is 297 g/mol. The largest absolute Gasteiger partial charge is 0.301 e. The maximum atomic E-state index is 13.7. The third-order valence-electron chi connectivity index (χ3n) is 6.88. The Morgan fingerprint density at radius 2 is 1.87 bits per heavy atom. The van der Waals surface area contributed by atoms with Crippen LogP contribution in [0.5, 0.6) is 0 Å². The maximum absolute atomic E-state index is 13.7. The molecular formula is C20H23F3. The number of halogens is 3. The zero-order chi connectivity index (χ0) is 16.0. The first-order chi connectivity index (χ1) is 11.1. The first kappa shape index (κ1) is 15.3. The summed E-state index contributed by atoms with van der Waals surface area (Å²) in [6.07, 6.45) is 5.07. The molecule has 0 radical (unpaired) electrons. The number of hydrogen-bond donors (Lipinski definition) is 0. The molecule has 0 unspecified atom stereocenters. The minimum Gasteiger partial charge on any atom is -0.206 e. The molecule has 4 rings (SSSR count). The van der Waals surface area contributed by atoms with E-state index in [-0.39, 0.29) is 11.8 Å². The lowest BCUT2D eigenvalue weighted by Crippen LogP contribution is -2.41. The number of rotatable bonds is 2. The predicted octanol–water partition coefficient (Wildman–Crippen LogP) is 6.38. The van der Waals surface area contributed by atoms with Gasteiger partial charge in [-0.15, -0.1) is 0 Å². The van der Waals surface area contributed by atoms with E-state index in [0.717, 1.165) is 44.9 Å². The lowest BCUT2D eigenvalue weighted by atomic mass is 9.54. The molecule has 0 nitrogen and oxygen atoms in total. The summed E-state index contributed by atoms with van der Waals surface area (Å²) in [4.78, 5) is 0. The SMILES string of the molecule is FC(F)=C(F)C[C@@]12CCC[C@H]1[C@@H]1CCc3ccccc3[C@H]1CC2. The van der Waals surface area contributed by atoms with Gasteiger partial charge in [0.2, 0.25) is 0 Å². The van der Waals surface area contributed by atoms with Gasteiger partial charge in [0, 0.05) is 6.42 Å². The Morgan fingerprint density at radius 3 is 2.70 bits per heavy atom. The van der Waals surface area contributed by atoms with Gasteiger partial charge in [-0.2, -0.15) is 8.78 Å². The highest BCUT2D eigenvalue weighted by atomic mass is 19.3. The topological polar surface area (TPSA) is 0 Å². The van der Waals surface area contributed by atoms with Crippen molar-refractivity contribution in [2.24, 2.45) is 17.3 Å². The van der Waals surface area contributed by atoms with Crippen molar-refractivity contribution in [3.63, 3.8) is 0 Å². The highest BCUT2D eigenvalue weighted by Crippen LogP contribution is 2.63. The van der Waals surface area contributed by atoms with Crippen LogP contribution in [0.1, 0.15) is 62.0 Å². The van der Waals surface area contributed by atoms with Crippen molar-refractivity contribution < 1.29 is 13.2 Å². The molecule has 0 aromatic heterocycles. The van der Waals surface area contributed by atoms with E-state index >= 15 is 0 Å². The van der Waals surface area contributed by atoms with Crippen LogP contribution in [0.15, 0.2) is 36.2 Å². The summed E-state index contributed by atoms with van der Waals surface area (Å²) in [5.74, 6) is 0.362. The van der Waals surface area contributed by atoms with Gasteiger partial charge < -0.3 is 0 Å². The molecule has 0 heterocycles. The zero-order valence-electron chi connectivity index (χ0n) is 13.3. The average Bonchev–Trinajstić information content (AvgIpc) is 2.98. The second-order valence-corrected chi connectivity index (χ2v) is 7.75. The molecule has 1 aromatic rings. The third kappa shape index (κ3) is 2.43. The van der Waals surface area contributed by atoms with Crippen molar-refractivity contribution in [1.82, 2.24) is 0 Å². The van der Waals surface area contributed by atoms with Crippen LogP contribution in [0.2, 0.25) is 0 Å². The van der Waals surface area contributed by atoms with Gasteiger partial charge in [0.25, 0.3) is 0 Å². The Morgan fingerprint density at radius 1 is 1.04 bits per heavy atom. The second-order valence-electron chi connectivity index (χ2n) is 7.75. The van der Waals surface area contributed by atoms with Crippen molar-refractivity contribution in [3.05, 3.63) is 47.3 Å². The van der Waals surface area contributed by atoms with Crippen LogP contribution in [-0.2, 0) is 6.42 Å². The fraction of sp³-hybridized carbons (Fsp3) is 0.600. The van der Waals surface area contributed by atoms with Crippen LogP contribution in [0.4, 0.5) is 13.2 Å². The van der Waals surface area contributed by atoms with Crippen LogP contribution < -0.4 is 0 Å². The van der Waals surface area contributed by atoms with Gasteiger partial charge in [-0.25, -0.2) is 4.39 Å². The van der Waals surface area contributed by atoms with Crippen LogP contribution in [-0.4, -0.2) is 0 Å². The van der Waals surface area contributed by atoms with Gasteiger partial charge in [-0.1, -0.05) is 30.7 Å². The van der Waals surface area contributed by atoms with E-state index < -0.39 is 11.9 Å². The summed E-state index contributed by atoms with van der Waals surface area (Å²) in [6, 6.07) is 8.68. The maximum Gasteiger partial charge on any atom is 0.301 e. The van der Waals surface area contributed by atoms with Gasteiger partial charge in [-0.3, -0.25) is 0 Å².